The van der Waals surface area contributed by atoms with Crippen molar-refractivity contribution < 1.29 is 9.53 Å². The molecule has 0 fully saturated rings. The Balaban J connectivity index is 1.69. The van der Waals surface area contributed by atoms with Crippen LogP contribution in [0.1, 0.15) is 5.56 Å². The van der Waals surface area contributed by atoms with Crippen LogP contribution in [0.5, 0.6) is 5.75 Å². The van der Waals surface area contributed by atoms with Gasteiger partial charge in [-0.25, -0.2) is 4.98 Å². The summed E-state index contributed by atoms with van der Waals surface area (Å²) in [5.41, 5.74) is 3.34. The van der Waals surface area contributed by atoms with Crippen LogP contribution in [0.4, 0.5) is 11.4 Å². The van der Waals surface area contributed by atoms with Crippen LogP contribution in [0.15, 0.2) is 70.6 Å². The Bertz CT molecular complexity index is 1450. The third-order valence-corrected chi connectivity index (χ3v) is 6.79. The van der Waals surface area contributed by atoms with Crippen molar-refractivity contribution in [3.63, 3.8) is 0 Å². The van der Waals surface area contributed by atoms with Crippen molar-refractivity contribution in [2.45, 2.75) is 12.1 Å². The first-order valence-electron chi connectivity index (χ1n) is 10.8. The number of amides is 1. The first kappa shape index (κ1) is 24.6. The van der Waals surface area contributed by atoms with Crippen molar-refractivity contribution in [1.82, 2.24) is 9.55 Å². The quantitative estimate of drug-likeness (QED) is 0.275. The second-order valence-electron chi connectivity index (χ2n) is 8.10. The highest BCUT2D eigenvalue weighted by Crippen LogP contribution is 2.32. The summed E-state index contributed by atoms with van der Waals surface area (Å²) in [6.07, 6.45) is 0. The van der Waals surface area contributed by atoms with Crippen LogP contribution in [0, 0.1) is 6.92 Å². The van der Waals surface area contributed by atoms with E-state index in [1.54, 1.807) is 30.3 Å². The number of benzene rings is 3. The van der Waals surface area contributed by atoms with Gasteiger partial charge in [0.15, 0.2) is 5.16 Å². The lowest BCUT2D eigenvalue weighted by atomic mass is 10.2. The predicted molar refractivity (Wildman–Crippen MR) is 144 cm³/mol. The topological polar surface area (TPSA) is 76.5 Å². The molecule has 1 heterocycles. The lowest BCUT2D eigenvalue weighted by Gasteiger charge is -2.17. The maximum absolute atomic E-state index is 13.6. The second-order valence-corrected chi connectivity index (χ2v) is 9.45. The van der Waals surface area contributed by atoms with Crippen LogP contribution in [0.25, 0.3) is 16.6 Å². The van der Waals surface area contributed by atoms with Crippen molar-refractivity contribution >= 4 is 51.5 Å². The standard InChI is InChI=1S/C26H25ClN4O3S/c1-16-13-22(23(34-4)14-20(16)27)31-25(33)19-7-5-6-8-21(19)29-26(31)35-15-24(32)28-17-9-11-18(12-10-17)30(2)3/h5-14H,15H2,1-4H3,(H,28,32). The van der Waals surface area contributed by atoms with E-state index in [2.05, 4.69) is 5.32 Å². The molecular weight excluding hydrogens is 484 g/mol. The number of thioether (sulfide) groups is 1. The number of para-hydroxylation sites is 1. The Morgan fingerprint density at radius 2 is 1.86 bits per heavy atom. The van der Waals surface area contributed by atoms with Crippen LogP contribution in [0.3, 0.4) is 0 Å². The molecule has 1 N–H and O–H groups in total. The van der Waals surface area contributed by atoms with E-state index in [1.807, 2.05) is 56.3 Å². The van der Waals surface area contributed by atoms with Gasteiger partial charge in [-0.1, -0.05) is 35.5 Å². The number of nitrogens with zero attached hydrogens (tertiary/aromatic N) is 3. The Labute approximate surface area is 212 Å². The smallest absolute Gasteiger partial charge is 0.266 e. The largest absolute Gasteiger partial charge is 0.495 e. The molecule has 0 saturated heterocycles. The fourth-order valence-electron chi connectivity index (χ4n) is 3.58. The van der Waals surface area contributed by atoms with Crippen LogP contribution in [-0.4, -0.2) is 42.4 Å². The summed E-state index contributed by atoms with van der Waals surface area (Å²) in [5.74, 6) is 0.294. The third-order valence-electron chi connectivity index (χ3n) is 5.45. The SMILES string of the molecule is COc1cc(Cl)c(C)cc1-n1c(SCC(=O)Nc2ccc(N(C)C)cc2)nc2ccccc2c1=O. The first-order chi connectivity index (χ1) is 16.8. The zero-order valence-corrected chi connectivity index (χ0v) is 21.4. The number of halogens is 1. The summed E-state index contributed by atoms with van der Waals surface area (Å²) < 4.78 is 7.01. The minimum Gasteiger partial charge on any atom is -0.495 e. The van der Waals surface area contributed by atoms with E-state index in [9.17, 15) is 9.59 Å². The van der Waals surface area contributed by atoms with Gasteiger partial charge in [-0.05, 0) is 55.0 Å². The molecule has 4 rings (SSSR count). The van der Waals surface area contributed by atoms with E-state index < -0.39 is 0 Å². The lowest BCUT2D eigenvalue weighted by molar-refractivity contribution is -0.113. The molecule has 0 radical (unpaired) electrons. The van der Waals surface area contributed by atoms with Gasteiger partial charge in [-0.3, -0.25) is 14.2 Å². The molecule has 1 amide bonds. The highest BCUT2D eigenvalue weighted by molar-refractivity contribution is 7.99. The van der Waals surface area contributed by atoms with E-state index in [0.29, 0.717) is 38.2 Å². The molecule has 0 aliphatic heterocycles. The van der Waals surface area contributed by atoms with E-state index >= 15 is 0 Å². The fourth-order valence-corrected chi connectivity index (χ4v) is 4.54. The van der Waals surface area contributed by atoms with Crippen molar-refractivity contribution in [2.24, 2.45) is 0 Å². The number of methoxy groups -OCH3 is 1. The van der Waals surface area contributed by atoms with E-state index in [-0.39, 0.29) is 17.2 Å². The molecule has 0 unspecified atom stereocenters. The Hall–Kier alpha value is -3.49. The Morgan fingerprint density at radius 1 is 1.14 bits per heavy atom. The van der Waals surface area contributed by atoms with Crippen LogP contribution < -0.4 is 20.5 Å². The number of rotatable bonds is 7. The molecule has 0 saturated carbocycles. The highest BCUT2D eigenvalue weighted by Gasteiger charge is 2.19. The molecular formula is C26H25ClN4O3S. The van der Waals surface area contributed by atoms with Gasteiger partial charge in [0, 0.05) is 36.6 Å². The Morgan fingerprint density at radius 3 is 2.54 bits per heavy atom. The number of anilines is 2. The zero-order chi connectivity index (χ0) is 25.1. The summed E-state index contributed by atoms with van der Waals surface area (Å²) in [4.78, 5) is 33.0. The van der Waals surface area contributed by atoms with Gasteiger partial charge in [-0.2, -0.15) is 0 Å². The Kier molecular flexibility index (Phi) is 7.33. The van der Waals surface area contributed by atoms with Crippen molar-refractivity contribution in [1.29, 1.82) is 0 Å². The van der Waals surface area contributed by atoms with Gasteiger partial charge >= 0.3 is 0 Å². The average Bonchev–Trinajstić information content (AvgIpc) is 2.85. The minimum atomic E-state index is -0.252. The lowest BCUT2D eigenvalue weighted by Crippen LogP contribution is -2.23. The number of carbonyl (C=O) groups excluding carboxylic acids is 1. The molecule has 0 spiro atoms. The predicted octanol–water partition coefficient (Wildman–Crippen LogP) is 5.15. The molecule has 1 aromatic heterocycles. The van der Waals surface area contributed by atoms with Gasteiger partial charge in [-0.15, -0.1) is 0 Å². The van der Waals surface area contributed by atoms with Gasteiger partial charge in [0.05, 0.1) is 29.5 Å². The summed E-state index contributed by atoms with van der Waals surface area (Å²) in [5, 5.41) is 4.27. The van der Waals surface area contributed by atoms with Crippen molar-refractivity contribution in [2.75, 3.05) is 37.2 Å². The monoisotopic (exact) mass is 508 g/mol. The number of hydrogen-bond acceptors (Lipinski definition) is 6. The zero-order valence-electron chi connectivity index (χ0n) is 19.8. The van der Waals surface area contributed by atoms with Crippen LogP contribution in [0.2, 0.25) is 5.02 Å². The number of carbonyl (C=O) groups is 1. The molecule has 7 nitrogen and oxygen atoms in total. The summed E-state index contributed by atoms with van der Waals surface area (Å²) in [6.45, 7) is 1.85. The summed E-state index contributed by atoms with van der Waals surface area (Å²) in [6, 6.07) is 18.2. The minimum absolute atomic E-state index is 0.0646. The maximum atomic E-state index is 13.6. The molecule has 35 heavy (non-hydrogen) atoms. The van der Waals surface area contributed by atoms with E-state index in [4.69, 9.17) is 21.3 Å². The highest BCUT2D eigenvalue weighted by atomic mass is 35.5. The molecule has 0 aliphatic rings. The van der Waals surface area contributed by atoms with Gasteiger partial charge in [0.25, 0.3) is 5.56 Å². The van der Waals surface area contributed by atoms with Crippen LogP contribution in [-0.2, 0) is 4.79 Å². The van der Waals surface area contributed by atoms with Crippen LogP contribution >= 0.6 is 23.4 Å². The number of nitrogens with one attached hydrogen (secondary N) is 1. The average molecular weight is 509 g/mol. The van der Waals surface area contributed by atoms with Crippen molar-refractivity contribution in [3.05, 3.63) is 81.6 Å². The number of hydrogen-bond donors (Lipinski definition) is 1. The van der Waals surface area contributed by atoms with E-state index in [1.165, 1.54) is 23.4 Å². The third kappa shape index (κ3) is 5.28. The van der Waals surface area contributed by atoms with Crippen molar-refractivity contribution in [3.8, 4) is 11.4 Å². The molecule has 4 aromatic rings. The fraction of sp³-hybridized carbons (Fsp3) is 0.192. The normalized spacial score (nSPS) is 10.9. The molecule has 180 valence electrons. The number of ether oxygens (including phenoxy) is 1. The molecule has 9 heteroatoms. The summed E-state index contributed by atoms with van der Waals surface area (Å²) in [7, 11) is 5.43. The number of aryl methyl sites for hydroxylation is 1. The van der Waals surface area contributed by atoms with E-state index in [0.717, 1.165) is 11.3 Å². The van der Waals surface area contributed by atoms with Gasteiger partial charge in [0.1, 0.15) is 5.75 Å². The number of fused-ring (bicyclic) bond motifs is 1. The second kappa shape index (κ2) is 10.4. The number of aromatic nitrogens is 2. The first-order valence-corrected chi connectivity index (χ1v) is 12.2. The molecule has 0 atom stereocenters. The maximum Gasteiger partial charge on any atom is 0.266 e. The van der Waals surface area contributed by atoms with Gasteiger partial charge < -0.3 is 15.0 Å². The van der Waals surface area contributed by atoms with Gasteiger partial charge in [0.2, 0.25) is 5.91 Å². The molecule has 0 aliphatic carbocycles. The molecule has 3 aromatic carbocycles. The summed E-state index contributed by atoms with van der Waals surface area (Å²) >= 11 is 7.47. The molecule has 0 bridgehead atoms.